The van der Waals surface area contributed by atoms with Gasteiger partial charge >= 0.3 is 6.09 Å². The van der Waals surface area contributed by atoms with E-state index in [1.165, 1.54) is 10.0 Å². The average molecular weight is 392 g/mol. The summed E-state index contributed by atoms with van der Waals surface area (Å²) in [7, 11) is 0. The van der Waals surface area contributed by atoms with Gasteiger partial charge in [-0.1, -0.05) is 11.2 Å². The van der Waals surface area contributed by atoms with Crippen molar-refractivity contribution < 1.29 is 18.8 Å². The first-order chi connectivity index (χ1) is 12.8. The van der Waals surface area contributed by atoms with Gasteiger partial charge in [0.25, 0.3) is 0 Å². The average Bonchev–Trinajstić information content (AvgIpc) is 3.33. The monoisotopic (exact) mass is 392 g/mol. The lowest BCUT2D eigenvalue weighted by atomic mass is 10.2. The first-order valence-electron chi connectivity index (χ1n) is 9.01. The lowest BCUT2D eigenvalue weighted by Crippen LogP contribution is -2.46. The van der Waals surface area contributed by atoms with Crippen LogP contribution in [0.3, 0.4) is 0 Å². The van der Waals surface area contributed by atoms with E-state index in [0.717, 1.165) is 11.3 Å². The van der Waals surface area contributed by atoms with Crippen LogP contribution in [-0.2, 0) is 16.0 Å². The van der Waals surface area contributed by atoms with Crippen molar-refractivity contribution in [2.45, 2.75) is 52.1 Å². The summed E-state index contributed by atoms with van der Waals surface area (Å²) >= 11 is 1.55. The molecule has 146 valence electrons. The van der Waals surface area contributed by atoms with E-state index in [-0.39, 0.29) is 5.91 Å². The quantitative estimate of drug-likeness (QED) is 0.774. The normalized spacial score (nSPS) is 14.6. The Morgan fingerprint density at radius 3 is 2.78 bits per heavy atom. The van der Waals surface area contributed by atoms with Crippen molar-refractivity contribution in [2.75, 3.05) is 13.1 Å². The number of nitrogens with zero attached hydrogens (tertiary/aromatic N) is 4. The maximum atomic E-state index is 12.5. The minimum Gasteiger partial charge on any atom is -0.442 e. The summed E-state index contributed by atoms with van der Waals surface area (Å²) in [5, 5.41) is 8.80. The summed E-state index contributed by atoms with van der Waals surface area (Å²) in [6.45, 7) is 6.45. The molecule has 0 N–H and O–H groups in total. The third kappa shape index (κ3) is 5.06. The summed E-state index contributed by atoms with van der Waals surface area (Å²) in [5.41, 5.74) is -0.591. The molecule has 0 saturated carbocycles. The molecule has 3 heterocycles. The van der Waals surface area contributed by atoms with E-state index in [4.69, 9.17) is 9.26 Å². The molecule has 1 fully saturated rings. The standard InChI is InChI=1S/C18H24N4O4S/c1-18(2,3)25-17(24)22-11-6-10-21(22)15(23)9-4-8-14-19-16(20-26-14)13-7-5-12-27-13/h5,7,12H,4,6,8-11H2,1-3H3. The van der Waals surface area contributed by atoms with E-state index >= 15 is 0 Å². The van der Waals surface area contributed by atoms with Crippen LogP contribution >= 0.6 is 11.3 Å². The maximum absolute atomic E-state index is 12.5. The highest BCUT2D eigenvalue weighted by atomic mass is 32.1. The Labute approximate surface area is 162 Å². The number of amides is 2. The van der Waals surface area contributed by atoms with Crippen LogP contribution in [0.15, 0.2) is 22.0 Å². The third-order valence-electron chi connectivity index (χ3n) is 3.91. The summed E-state index contributed by atoms with van der Waals surface area (Å²) in [5.74, 6) is 0.981. The van der Waals surface area contributed by atoms with Gasteiger partial charge in [0.05, 0.1) is 4.88 Å². The summed E-state index contributed by atoms with van der Waals surface area (Å²) < 4.78 is 10.6. The number of rotatable bonds is 5. The molecule has 0 spiro atoms. The predicted molar refractivity (Wildman–Crippen MR) is 99.8 cm³/mol. The molecular weight excluding hydrogens is 368 g/mol. The van der Waals surface area contributed by atoms with Crippen LogP contribution in [0.2, 0.25) is 0 Å². The van der Waals surface area contributed by atoms with Gasteiger partial charge in [-0.05, 0) is 45.1 Å². The number of carbonyl (C=O) groups is 2. The molecule has 1 aliphatic heterocycles. The number of thiophene rings is 1. The zero-order valence-electron chi connectivity index (χ0n) is 15.8. The molecule has 0 bridgehead atoms. The molecule has 2 amide bonds. The van der Waals surface area contributed by atoms with Gasteiger partial charge < -0.3 is 9.26 Å². The minimum absolute atomic E-state index is 0.101. The van der Waals surface area contributed by atoms with Crippen LogP contribution in [0.25, 0.3) is 10.7 Å². The fourth-order valence-electron chi connectivity index (χ4n) is 2.76. The van der Waals surface area contributed by atoms with E-state index in [1.54, 1.807) is 11.3 Å². The molecule has 1 saturated heterocycles. The summed E-state index contributed by atoms with van der Waals surface area (Å²) in [4.78, 5) is 30.1. The molecule has 9 heteroatoms. The molecule has 2 aromatic heterocycles. The molecule has 0 aliphatic carbocycles. The molecule has 8 nitrogen and oxygen atoms in total. The van der Waals surface area contributed by atoms with Crippen LogP contribution in [-0.4, -0.2) is 50.8 Å². The fourth-order valence-corrected chi connectivity index (χ4v) is 3.41. The Morgan fingerprint density at radius 2 is 2.07 bits per heavy atom. The van der Waals surface area contributed by atoms with Crippen LogP contribution in [0.5, 0.6) is 0 Å². The molecule has 1 aliphatic rings. The van der Waals surface area contributed by atoms with Gasteiger partial charge in [0.15, 0.2) is 0 Å². The topological polar surface area (TPSA) is 88.8 Å². The number of hydrogen-bond acceptors (Lipinski definition) is 7. The number of hydrazine groups is 1. The maximum Gasteiger partial charge on any atom is 0.429 e. The van der Waals surface area contributed by atoms with Gasteiger partial charge in [0.1, 0.15) is 5.60 Å². The highest BCUT2D eigenvalue weighted by Gasteiger charge is 2.33. The highest BCUT2D eigenvalue weighted by molar-refractivity contribution is 7.13. The van der Waals surface area contributed by atoms with Crippen LogP contribution < -0.4 is 0 Å². The van der Waals surface area contributed by atoms with Crippen LogP contribution in [0, 0.1) is 0 Å². The van der Waals surface area contributed by atoms with Gasteiger partial charge in [-0.2, -0.15) is 4.98 Å². The Balaban J connectivity index is 1.49. The second-order valence-corrected chi connectivity index (χ2v) is 8.26. The van der Waals surface area contributed by atoms with Gasteiger partial charge in [0.2, 0.25) is 17.6 Å². The lowest BCUT2D eigenvalue weighted by molar-refractivity contribution is -0.143. The van der Waals surface area contributed by atoms with Crippen LogP contribution in [0.4, 0.5) is 4.79 Å². The first kappa shape index (κ1) is 19.3. The molecule has 0 atom stereocenters. The lowest BCUT2D eigenvalue weighted by Gasteiger charge is -2.30. The Morgan fingerprint density at radius 1 is 1.30 bits per heavy atom. The second kappa shape index (κ2) is 8.08. The summed E-state index contributed by atoms with van der Waals surface area (Å²) in [6, 6.07) is 3.86. The van der Waals surface area contributed by atoms with Crippen molar-refractivity contribution in [3.05, 3.63) is 23.4 Å². The molecule has 27 heavy (non-hydrogen) atoms. The predicted octanol–water partition coefficient (Wildman–Crippen LogP) is 3.51. The number of aryl methyl sites for hydroxylation is 1. The Bertz CT molecular complexity index is 782. The molecule has 0 unspecified atom stereocenters. The highest BCUT2D eigenvalue weighted by Crippen LogP contribution is 2.22. The molecule has 2 aromatic rings. The van der Waals surface area contributed by atoms with Gasteiger partial charge in [-0.25, -0.2) is 14.8 Å². The number of hydrogen-bond donors (Lipinski definition) is 0. The van der Waals surface area contributed by atoms with E-state index in [9.17, 15) is 9.59 Å². The molecule has 0 aromatic carbocycles. The van der Waals surface area contributed by atoms with Gasteiger partial charge in [-0.15, -0.1) is 11.3 Å². The second-order valence-electron chi connectivity index (χ2n) is 7.32. The van der Waals surface area contributed by atoms with Crippen molar-refractivity contribution in [3.63, 3.8) is 0 Å². The van der Waals surface area contributed by atoms with Crippen molar-refractivity contribution in [3.8, 4) is 10.7 Å². The Hall–Kier alpha value is -2.42. The van der Waals surface area contributed by atoms with Gasteiger partial charge in [-0.3, -0.25) is 4.79 Å². The minimum atomic E-state index is -0.591. The SMILES string of the molecule is CC(C)(C)OC(=O)N1CCCN1C(=O)CCCc1nc(-c2cccs2)no1. The molecule has 3 rings (SSSR count). The van der Waals surface area contributed by atoms with Crippen LogP contribution in [0.1, 0.15) is 45.9 Å². The molecular formula is C18H24N4O4S. The van der Waals surface area contributed by atoms with Crippen molar-refractivity contribution in [1.82, 2.24) is 20.2 Å². The van der Waals surface area contributed by atoms with E-state index in [0.29, 0.717) is 44.1 Å². The van der Waals surface area contributed by atoms with E-state index in [1.807, 2.05) is 38.3 Å². The summed E-state index contributed by atoms with van der Waals surface area (Å²) in [6.07, 6.45) is 1.66. The number of ether oxygens (including phenoxy) is 1. The zero-order valence-corrected chi connectivity index (χ0v) is 16.6. The van der Waals surface area contributed by atoms with E-state index < -0.39 is 11.7 Å². The molecule has 0 radical (unpaired) electrons. The smallest absolute Gasteiger partial charge is 0.429 e. The zero-order chi connectivity index (χ0) is 19.4. The number of aromatic nitrogens is 2. The Kier molecular flexibility index (Phi) is 5.79. The van der Waals surface area contributed by atoms with Crippen molar-refractivity contribution >= 4 is 23.3 Å². The van der Waals surface area contributed by atoms with Gasteiger partial charge in [0, 0.05) is 25.9 Å². The van der Waals surface area contributed by atoms with Crippen molar-refractivity contribution in [1.29, 1.82) is 0 Å². The van der Waals surface area contributed by atoms with Crippen molar-refractivity contribution in [2.24, 2.45) is 0 Å². The first-order valence-corrected chi connectivity index (χ1v) is 9.89. The largest absolute Gasteiger partial charge is 0.442 e. The van der Waals surface area contributed by atoms with E-state index in [2.05, 4.69) is 10.1 Å². The number of carbonyl (C=O) groups excluding carboxylic acids is 2. The third-order valence-corrected chi connectivity index (χ3v) is 4.78. The fraction of sp³-hybridized carbons (Fsp3) is 0.556.